The fraction of sp³-hybridized carbons (Fsp3) is 0.429. The predicted octanol–water partition coefficient (Wildman–Crippen LogP) is -2.27. The van der Waals surface area contributed by atoms with Crippen molar-refractivity contribution in [1.82, 2.24) is 10.2 Å². The van der Waals surface area contributed by atoms with Gasteiger partial charge in [-0.25, -0.2) is 5.01 Å². The Labute approximate surface area is 142 Å². The molecule has 0 amide bonds. The lowest BCUT2D eigenvalue weighted by Crippen LogP contribution is -3.00. The number of aryl methyl sites for hydroxylation is 1. The third-order valence-electron chi connectivity index (χ3n) is 3.70. The van der Waals surface area contributed by atoms with E-state index in [1.807, 2.05) is 13.0 Å². The number of nitrogens with zero attached hydrogens (tertiary/aromatic N) is 4. The van der Waals surface area contributed by atoms with Crippen molar-refractivity contribution in [2.75, 3.05) is 36.9 Å². The molecule has 0 aliphatic carbocycles. The van der Waals surface area contributed by atoms with Gasteiger partial charge in [0.15, 0.2) is 0 Å². The SMILES string of the molecule is Cc1on[n+](N2CCN(Cc3ccccc3)CC2)c1N.Cl.[Cl-]. The van der Waals surface area contributed by atoms with Crippen LogP contribution >= 0.6 is 12.4 Å². The van der Waals surface area contributed by atoms with E-state index in [4.69, 9.17) is 10.3 Å². The van der Waals surface area contributed by atoms with E-state index in [1.165, 1.54) is 5.56 Å². The highest BCUT2D eigenvalue weighted by atomic mass is 35.5. The molecule has 1 fully saturated rings. The average Bonchev–Trinajstić information content (AvgIpc) is 2.81. The largest absolute Gasteiger partial charge is 1.00 e. The van der Waals surface area contributed by atoms with E-state index in [0.717, 1.165) is 32.7 Å². The quantitative estimate of drug-likeness (QED) is 0.636. The lowest BCUT2D eigenvalue weighted by Gasteiger charge is -2.32. The van der Waals surface area contributed by atoms with Crippen LogP contribution in [-0.4, -0.2) is 36.4 Å². The summed E-state index contributed by atoms with van der Waals surface area (Å²) < 4.78 is 5.10. The molecular weight excluding hydrogens is 325 g/mol. The number of aromatic nitrogens is 2. The first-order valence-electron chi connectivity index (χ1n) is 6.89. The molecule has 22 heavy (non-hydrogen) atoms. The number of rotatable bonds is 3. The second-order valence-corrected chi connectivity index (χ2v) is 5.12. The van der Waals surface area contributed by atoms with Crippen LogP contribution in [0.2, 0.25) is 0 Å². The molecule has 1 aromatic heterocycles. The zero-order valence-corrected chi connectivity index (χ0v) is 14.1. The van der Waals surface area contributed by atoms with Gasteiger partial charge in [0.25, 0.3) is 0 Å². The van der Waals surface area contributed by atoms with Crippen LogP contribution in [0, 0.1) is 6.92 Å². The molecule has 122 valence electrons. The van der Waals surface area contributed by atoms with E-state index in [9.17, 15) is 0 Å². The predicted molar refractivity (Wildman–Crippen MR) is 82.8 cm³/mol. The molecule has 1 aliphatic heterocycles. The van der Waals surface area contributed by atoms with Crippen molar-refractivity contribution in [2.24, 2.45) is 0 Å². The van der Waals surface area contributed by atoms with Crippen molar-refractivity contribution in [3.05, 3.63) is 41.7 Å². The molecule has 1 aliphatic rings. The van der Waals surface area contributed by atoms with Crippen LogP contribution < -0.4 is 27.9 Å². The van der Waals surface area contributed by atoms with Crippen molar-refractivity contribution in [3.63, 3.8) is 0 Å². The maximum Gasteiger partial charge on any atom is 0.363 e. The fourth-order valence-electron chi connectivity index (χ4n) is 2.46. The van der Waals surface area contributed by atoms with Gasteiger partial charge in [0.05, 0.1) is 13.1 Å². The number of hydrogen-bond donors (Lipinski definition) is 1. The maximum atomic E-state index is 5.94. The summed E-state index contributed by atoms with van der Waals surface area (Å²) in [5.74, 6) is 1.25. The zero-order chi connectivity index (χ0) is 13.9. The van der Waals surface area contributed by atoms with Gasteiger partial charge in [-0.3, -0.25) is 10.6 Å². The smallest absolute Gasteiger partial charge is 0.363 e. The van der Waals surface area contributed by atoms with Gasteiger partial charge < -0.3 is 16.9 Å². The van der Waals surface area contributed by atoms with E-state index in [1.54, 1.807) is 4.79 Å². The number of halogens is 2. The molecule has 0 bridgehead atoms. The van der Waals surface area contributed by atoms with Crippen LogP contribution in [0.25, 0.3) is 0 Å². The van der Waals surface area contributed by atoms with Gasteiger partial charge in [-0.1, -0.05) is 30.3 Å². The summed E-state index contributed by atoms with van der Waals surface area (Å²) in [5, 5.41) is 6.09. The van der Waals surface area contributed by atoms with Gasteiger partial charge in [-0.2, -0.15) is 0 Å². The summed E-state index contributed by atoms with van der Waals surface area (Å²) in [5.41, 5.74) is 7.30. The molecule has 0 saturated carbocycles. The summed E-state index contributed by atoms with van der Waals surface area (Å²) in [6, 6.07) is 10.6. The molecule has 1 saturated heterocycles. The minimum atomic E-state index is 0. The summed E-state index contributed by atoms with van der Waals surface area (Å²) >= 11 is 0. The maximum absolute atomic E-state index is 5.94. The molecule has 6 nitrogen and oxygen atoms in total. The van der Waals surface area contributed by atoms with Gasteiger partial charge in [-0.15, -0.1) is 12.4 Å². The van der Waals surface area contributed by atoms with Gasteiger partial charge in [0, 0.05) is 31.3 Å². The highest BCUT2D eigenvalue weighted by Crippen LogP contribution is 2.08. The van der Waals surface area contributed by atoms with Crippen LogP contribution in [0.3, 0.4) is 0 Å². The second kappa shape index (κ2) is 8.22. The lowest BCUT2D eigenvalue weighted by atomic mass is 10.2. The summed E-state index contributed by atoms with van der Waals surface area (Å²) in [7, 11) is 0. The molecule has 8 heteroatoms. The Morgan fingerprint density at radius 1 is 1.18 bits per heavy atom. The first kappa shape index (κ1) is 18.5. The summed E-state index contributed by atoms with van der Waals surface area (Å²) in [4.78, 5) is 4.12. The van der Waals surface area contributed by atoms with Crippen LogP contribution in [0.15, 0.2) is 34.9 Å². The van der Waals surface area contributed by atoms with Crippen molar-refractivity contribution in [2.45, 2.75) is 13.5 Å². The fourth-order valence-corrected chi connectivity index (χ4v) is 2.46. The molecule has 0 unspecified atom stereocenters. The highest BCUT2D eigenvalue weighted by Gasteiger charge is 2.26. The molecule has 0 spiro atoms. The number of nitrogens with two attached hydrogens (primary N) is 1. The van der Waals surface area contributed by atoms with Crippen molar-refractivity contribution < 1.29 is 21.7 Å². The summed E-state index contributed by atoms with van der Waals surface area (Å²) in [6.45, 7) is 6.60. The van der Waals surface area contributed by atoms with Crippen molar-refractivity contribution in [1.29, 1.82) is 0 Å². The van der Waals surface area contributed by atoms with E-state index in [-0.39, 0.29) is 24.8 Å². The number of benzene rings is 1. The van der Waals surface area contributed by atoms with E-state index >= 15 is 0 Å². The van der Waals surface area contributed by atoms with Crippen LogP contribution in [0.5, 0.6) is 0 Å². The van der Waals surface area contributed by atoms with Gasteiger partial charge in [0.1, 0.15) is 5.27 Å². The standard InChI is InChI=1S/C14H20N5O.2ClH/c1-12-14(15)19(16-20-12)18-9-7-17(8-10-18)11-13-5-3-2-4-6-13;;/h2-6H,7-11,15H2,1H3;2*1H/q+1;;/p-1. The van der Waals surface area contributed by atoms with Crippen LogP contribution in [0.1, 0.15) is 11.3 Å². The number of nitrogen functional groups attached to an aromatic ring is 1. The van der Waals surface area contributed by atoms with Crippen LogP contribution in [0.4, 0.5) is 5.82 Å². The minimum Gasteiger partial charge on any atom is -1.00 e. The molecule has 3 rings (SSSR count). The molecule has 2 heterocycles. The third-order valence-corrected chi connectivity index (χ3v) is 3.70. The first-order chi connectivity index (χ1) is 9.74. The van der Waals surface area contributed by atoms with E-state index in [0.29, 0.717) is 11.6 Å². The Morgan fingerprint density at radius 2 is 1.82 bits per heavy atom. The Hall–Kier alpha value is -1.50. The minimum absolute atomic E-state index is 0. The highest BCUT2D eigenvalue weighted by molar-refractivity contribution is 5.85. The lowest BCUT2D eigenvalue weighted by molar-refractivity contribution is -0.746. The Bertz CT molecular complexity index is 570. The van der Waals surface area contributed by atoms with Gasteiger partial charge in [0.2, 0.25) is 5.76 Å². The summed E-state index contributed by atoms with van der Waals surface area (Å²) in [6.07, 6.45) is 0. The third kappa shape index (κ3) is 4.03. The number of anilines is 1. The molecule has 1 aromatic carbocycles. The van der Waals surface area contributed by atoms with Crippen molar-refractivity contribution in [3.8, 4) is 0 Å². The number of piperazine rings is 1. The van der Waals surface area contributed by atoms with Gasteiger partial charge in [-0.05, 0) is 5.56 Å². The zero-order valence-electron chi connectivity index (χ0n) is 12.5. The van der Waals surface area contributed by atoms with Crippen molar-refractivity contribution >= 4 is 18.2 Å². The Balaban J connectivity index is 0.00000121. The average molecular weight is 346 g/mol. The first-order valence-corrected chi connectivity index (χ1v) is 6.89. The second-order valence-electron chi connectivity index (χ2n) is 5.12. The number of hydrogen-bond acceptors (Lipinski definition) is 5. The molecular formula is C14H21Cl2N5O. The molecule has 2 aromatic rings. The monoisotopic (exact) mass is 345 g/mol. The topological polar surface area (TPSA) is 62.4 Å². The van der Waals surface area contributed by atoms with E-state index < -0.39 is 0 Å². The van der Waals surface area contributed by atoms with E-state index in [2.05, 4.69) is 39.4 Å². The molecule has 0 atom stereocenters. The normalized spacial score (nSPS) is 15.0. The van der Waals surface area contributed by atoms with Crippen LogP contribution in [-0.2, 0) is 6.54 Å². The Kier molecular flexibility index (Phi) is 6.93. The Morgan fingerprint density at radius 3 is 2.36 bits per heavy atom. The molecule has 2 N–H and O–H groups in total. The van der Waals surface area contributed by atoms with Gasteiger partial charge >= 0.3 is 5.82 Å². The molecule has 0 radical (unpaired) electrons.